The van der Waals surface area contributed by atoms with Crippen LogP contribution in [0.3, 0.4) is 0 Å². The SMILES string of the molecule is COC12CC(CO)CN(C)C1Cc1cn(C)c3cccc2c13. The Kier molecular flexibility index (Phi) is 3.12. The van der Waals surface area contributed by atoms with E-state index in [1.54, 1.807) is 0 Å². The van der Waals surface area contributed by atoms with Crippen molar-refractivity contribution < 1.29 is 9.84 Å². The van der Waals surface area contributed by atoms with Crippen LogP contribution in [0.4, 0.5) is 0 Å². The molecular formula is C18H24N2O2. The molecule has 2 heterocycles. The van der Waals surface area contributed by atoms with Crippen LogP contribution in [-0.4, -0.2) is 47.9 Å². The normalized spacial score (nSPS) is 31.5. The van der Waals surface area contributed by atoms with Gasteiger partial charge in [-0.15, -0.1) is 0 Å². The molecule has 2 aliphatic rings. The van der Waals surface area contributed by atoms with Crippen LogP contribution in [0.25, 0.3) is 10.9 Å². The highest BCUT2D eigenvalue weighted by atomic mass is 16.5. The van der Waals surface area contributed by atoms with Crippen molar-refractivity contribution in [1.29, 1.82) is 0 Å². The number of aliphatic hydroxyl groups is 1. The molecule has 3 atom stereocenters. The molecule has 4 rings (SSSR count). The number of hydrogen-bond acceptors (Lipinski definition) is 3. The first-order valence-electron chi connectivity index (χ1n) is 8.04. The predicted molar refractivity (Wildman–Crippen MR) is 86.9 cm³/mol. The third-order valence-electron chi connectivity index (χ3n) is 5.79. The molecular weight excluding hydrogens is 276 g/mol. The topological polar surface area (TPSA) is 37.6 Å². The fraction of sp³-hybridized carbons (Fsp3) is 0.556. The highest BCUT2D eigenvalue weighted by molar-refractivity contribution is 5.89. The third-order valence-corrected chi connectivity index (χ3v) is 5.79. The van der Waals surface area contributed by atoms with Gasteiger partial charge < -0.3 is 14.4 Å². The summed E-state index contributed by atoms with van der Waals surface area (Å²) in [5, 5.41) is 11.1. The highest BCUT2D eigenvalue weighted by Crippen LogP contribution is 2.49. The second-order valence-electron chi connectivity index (χ2n) is 6.97. The maximum absolute atomic E-state index is 9.72. The van der Waals surface area contributed by atoms with Crippen LogP contribution >= 0.6 is 0 Å². The van der Waals surface area contributed by atoms with Crippen molar-refractivity contribution in [3.8, 4) is 0 Å². The number of benzene rings is 1. The Labute approximate surface area is 131 Å². The Hall–Kier alpha value is -1.36. The van der Waals surface area contributed by atoms with Crippen molar-refractivity contribution in [1.82, 2.24) is 9.47 Å². The van der Waals surface area contributed by atoms with Crippen LogP contribution < -0.4 is 0 Å². The molecule has 0 radical (unpaired) electrons. The highest BCUT2D eigenvalue weighted by Gasteiger charge is 2.51. The van der Waals surface area contributed by atoms with Crippen LogP contribution in [0.15, 0.2) is 24.4 Å². The number of piperidine rings is 1. The maximum Gasteiger partial charge on any atom is 0.110 e. The predicted octanol–water partition coefficient (Wildman–Crippen LogP) is 1.89. The molecule has 0 amide bonds. The number of aromatic nitrogens is 1. The van der Waals surface area contributed by atoms with E-state index in [0.717, 1.165) is 19.4 Å². The van der Waals surface area contributed by atoms with Crippen LogP contribution in [0.5, 0.6) is 0 Å². The quantitative estimate of drug-likeness (QED) is 0.920. The van der Waals surface area contributed by atoms with Gasteiger partial charge in [0, 0.05) is 50.5 Å². The smallest absolute Gasteiger partial charge is 0.110 e. The molecule has 1 saturated heterocycles. The zero-order valence-corrected chi connectivity index (χ0v) is 13.5. The van der Waals surface area contributed by atoms with Crippen molar-refractivity contribution >= 4 is 10.9 Å². The number of fused-ring (bicyclic) bond motifs is 2. The van der Waals surface area contributed by atoms with E-state index in [4.69, 9.17) is 4.74 Å². The first-order chi connectivity index (χ1) is 10.6. The van der Waals surface area contributed by atoms with E-state index >= 15 is 0 Å². The summed E-state index contributed by atoms with van der Waals surface area (Å²) in [4.78, 5) is 2.38. The summed E-state index contributed by atoms with van der Waals surface area (Å²) in [6.45, 7) is 1.16. The zero-order chi connectivity index (χ0) is 15.5. The van der Waals surface area contributed by atoms with Gasteiger partial charge in [0.15, 0.2) is 0 Å². The Bertz CT molecular complexity index is 723. The number of methoxy groups -OCH3 is 1. The van der Waals surface area contributed by atoms with E-state index in [1.807, 2.05) is 7.11 Å². The minimum absolute atomic E-state index is 0.222. The average molecular weight is 300 g/mol. The molecule has 0 saturated carbocycles. The number of aryl methyl sites for hydroxylation is 1. The summed E-state index contributed by atoms with van der Waals surface area (Å²) in [6, 6.07) is 6.87. The average Bonchev–Trinajstić information content (AvgIpc) is 2.86. The standard InChI is InChI=1S/C18H24N2O2/c1-19-10-13-7-16-18(22-3,8-12(11-21)9-20(16)2)14-5-4-6-15(19)17(13)14/h4-6,10,12,16,21H,7-9,11H2,1-3H3. The second-order valence-corrected chi connectivity index (χ2v) is 6.97. The Morgan fingerprint density at radius 2 is 2.18 bits per heavy atom. The van der Waals surface area contributed by atoms with Crippen molar-refractivity contribution in [2.75, 3.05) is 27.3 Å². The summed E-state index contributed by atoms with van der Waals surface area (Å²) < 4.78 is 8.40. The van der Waals surface area contributed by atoms with Crippen LogP contribution in [0, 0.1) is 5.92 Å². The molecule has 0 spiro atoms. The van der Waals surface area contributed by atoms with E-state index in [-0.39, 0.29) is 18.1 Å². The molecule has 1 aliphatic heterocycles. The molecule has 1 aromatic heterocycles. The van der Waals surface area contributed by atoms with E-state index < -0.39 is 0 Å². The van der Waals surface area contributed by atoms with Gasteiger partial charge in [-0.1, -0.05) is 12.1 Å². The number of aliphatic hydroxyl groups excluding tert-OH is 1. The van der Waals surface area contributed by atoms with Crippen LogP contribution in [-0.2, 0) is 23.8 Å². The summed E-state index contributed by atoms with van der Waals surface area (Å²) in [5.41, 5.74) is 3.68. The van der Waals surface area contributed by atoms with Crippen molar-refractivity contribution in [2.24, 2.45) is 13.0 Å². The molecule has 3 unspecified atom stereocenters. The molecule has 4 heteroatoms. The molecule has 0 bridgehead atoms. The van der Waals surface area contributed by atoms with Gasteiger partial charge in [-0.05, 0) is 43.0 Å². The van der Waals surface area contributed by atoms with Crippen molar-refractivity contribution in [2.45, 2.75) is 24.5 Å². The lowest BCUT2D eigenvalue weighted by Crippen LogP contribution is -2.59. The van der Waals surface area contributed by atoms with Gasteiger partial charge in [0.1, 0.15) is 5.60 Å². The van der Waals surface area contributed by atoms with Gasteiger partial charge in [-0.25, -0.2) is 0 Å². The second kappa shape index (κ2) is 4.82. The fourth-order valence-corrected chi connectivity index (χ4v) is 4.84. The van der Waals surface area contributed by atoms with Gasteiger partial charge in [-0.3, -0.25) is 4.90 Å². The Morgan fingerprint density at radius 1 is 1.36 bits per heavy atom. The lowest BCUT2D eigenvalue weighted by molar-refractivity contribution is -0.130. The lowest BCUT2D eigenvalue weighted by atomic mass is 9.69. The molecule has 4 nitrogen and oxygen atoms in total. The first kappa shape index (κ1) is 14.2. The Balaban J connectivity index is 1.98. The molecule has 1 aromatic carbocycles. The number of likely N-dealkylation sites (tertiary alicyclic amines) is 1. The summed E-state index contributed by atoms with van der Waals surface area (Å²) >= 11 is 0. The first-order valence-corrected chi connectivity index (χ1v) is 8.04. The minimum Gasteiger partial charge on any atom is -0.396 e. The van der Waals surface area contributed by atoms with Gasteiger partial charge in [0.2, 0.25) is 0 Å². The van der Waals surface area contributed by atoms with Gasteiger partial charge in [0.05, 0.1) is 0 Å². The lowest BCUT2D eigenvalue weighted by Gasteiger charge is -2.52. The number of rotatable bonds is 2. The molecule has 1 fully saturated rings. The molecule has 1 N–H and O–H groups in total. The molecule has 2 aromatic rings. The van der Waals surface area contributed by atoms with Gasteiger partial charge >= 0.3 is 0 Å². The largest absolute Gasteiger partial charge is 0.396 e. The number of ether oxygens (including phenoxy) is 1. The van der Waals surface area contributed by atoms with E-state index in [0.29, 0.717) is 6.04 Å². The number of likely N-dealkylation sites (N-methyl/N-ethyl adjacent to an activating group) is 1. The Morgan fingerprint density at radius 3 is 2.91 bits per heavy atom. The minimum atomic E-state index is -0.311. The van der Waals surface area contributed by atoms with E-state index in [1.165, 1.54) is 22.0 Å². The molecule has 118 valence electrons. The third kappa shape index (κ3) is 1.69. The molecule has 22 heavy (non-hydrogen) atoms. The van der Waals surface area contributed by atoms with Crippen molar-refractivity contribution in [3.05, 3.63) is 35.5 Å². The van der Waals surface area contributed by atoms with E-state index in [9.17, 15) is 5.11 Å². The van der Waals surface area contributed by atoms with Crippen LogP contribution in [0.2, 0.25) is 0 Å². The molecule has 1 aliphatic carbocycles. The summed E-state index contributed by atoms with van der Waals surface area (Å²) in [7, 11) is 6.10. The maximum atomic E-state index is 9.72. The van der Waals surface area contributed by atoms with Gasteiger partial charge in [-0.2, -0.15) is 0 Å². The van der Waals surface area contributed by atoms with Crippen molar-refractivity contribution in [3.63, 3.8) is 0 Å². The van der Waals surface area contributed by atoms with E-state index in [2.05, 4.69) is 48.0 Å². The van der Waals surface area contributed by atoms with Crippen LogP contribution in [0.1, 0.15) is 17.5 Å². The fourth-order valence-electron chi connectivity index (χ4n) is 4.84. The monoisotopic (exact) mass is 300 g/mol. The summed E-state index contributed by atoms with van der Waals surface area (Å²) in [5.74, 6) is 0.265. The zero-order valence-electron chi connectivity index (χ0n) is 13.5. The number of nitrogens with zero attached hydrogens (tertiary/aromatic N) is 2. The summed E-state index contributed by atoms with van der Waals surface area (Å²) in [6.07, 6.45) is 4.17. The number of hydrogen-bond donors (Lipinski definition) is 1. The van der Waals surface area contributed by atoms with Gasteiger partial charge in [0.25, 0.3) is 0 Å².